The molecule has 0 spiro atoms. The first-order chi connectivity index (χ1) is 12.0. The fraction of sp³-hybridized carbons (Fsp3) is 0.562. The maximum Gasteiger partial charge on any atom is 0.358 e. The maximum atomic E-state index is 12.2. The van der Waals surface area contributed by atoms with Gasteiger partial charge in [0, 0.05) is 32.1 Å². The number of carbonyl (C=O) groups is 3. The fourth-order valence-electron chi connectivity index (χ4n) is 2.85. The third-order valence-electron chi connectivity index (χ3n) is 4.46. The van der Waals surface area contributed by atoms with Gasteiger partial charge in [0.25, 0.3) is 5.91 Å². The van der Waals surface area contributed by atoms with E-state index in [0.717, 1.165) is 12.8 Å². The average molecular weight is 349 g/mol. The smallest absolute Gasteiger partial charge is 0.358 e. The highest BCUT2D eigenvalue weighted by Gasteiger charge is 2.31. The molecular formula is C16H23N5O4. The van der Waals surface area contributed by atoms with Gasteiger partial charge in [-0.2, -0.15) is 0 Å². The van der Waals surface area contributed by atoms with Crippen LogP contribution in [0, 0.1) is 0 Å². The topological polar surface area (TPSA) is 114 Å². The van der Waals surface area contributed by atoms with Crippen molar-refractivity contribution in [2.75, 3.05) is 27.7 Å². The molecule has 0 radical (unpaired) electrons. The molecule has 2 heterocycles. The summed E-state index contributed by atoms with van der Waals surface area (Å²) in [5.41, 5.74) is 0.182. The van der Waals surface area contributed by atoms with E-state index < -0.39 is 5.97 Å². The van der Waals surface area contributed by atoms with Crippen molar-refractivity contribution in [1.82, 2.24) is 25.5 Å². The van der Waals surface area contributed by atoms with Crippen LogP contribution in [-0.2, 0) is 9.53 Å². The van der Waals surface area contributed by atoms with E-state index in [1.807, 2.05) is 7.05 Å². The number of methoxy groups -OCH3 is 1. The number of amides is 2. The Morgan fingerprint density at radius 1 is 1.20 bits per heavy atom. The fourth-order valence-corrected chi connectivity index (χ4v) is 2.85. The second-order valence-corrected chi connectivity index (χ2v) is 5.92. The molecule has 1 aliphatic rings. The Balaban J connectivity index is 1.86. The predicted octanol–water partition coefficient (Wildman–Crippen LogP) is -0.408. The van der Waals surface area contributed by atoms with E-state index in [9.17, 15) is 14.4 Å². The van der Waals surface area contributed by atoms with Crippen LogP contribution in [-0.4, -0.2) is 72.5 Å². The standard InChI is InChI=1S/C16H23N5O4/c1-17-14(22)6-10-4-5-11(21(10)2)7-20-15(23)12-8-19-13(9-18-12)16(24)25-3/h8-11H,4-7H2,1-3H3,(H,17,22)(H,20,23)/t10-,11+/m1/s1. The first kappa shape index (κ1) is 18.8. The van der Waals surface area contributed by atoms with Gasteiger partial charge in [-0.1, -0.05) is 0 Å². The summed E-state index contributed by atoms with van der Waals surface area (Å²) in [5, 5.41) is 5.45. The quantitative estimate of drug-likeness (QED) is 0.671. The zero-order valence-corrected chi connectivity index (χ0v) is 14.6. The first-order valence-corrected chi connectivity index (χ1v) is 8.07. The highest BCUT2D eigenvalue weighted by Crippen LogP contribution is 2.24. The molecule has 2 amide bonds. The summed E-state index contributed by atoms with van der Waals surface area (Å²) < 4.78 is 4.53. The lowest BCUT2D eigenvalue weighted by atomic mass is 10.1. The van der Waals surface area contributed by atoms with Crippen molar-refractivity contribution < 1.29 is 19.1 Å². The molecule has 1 aliphatic heterocycles. The van der Waals surface area contributed by atoms with Crippen molar-refractivity contribution in [1.29, 1.82) is 0 Å². The van der Waals surface area contributed by atoms with Crippen molar-refractivity contribution in [3.63, 3.8) is 0 Å². The highest BCUT2D eigenvalue weighted by molar-refractivity contribution is 5.92. The van der Waals surface area contributed by atoms with Crippen LogP contribution in [0.15, 0.2) is 12.4 Å². The summed E-state index contributed by atoms with van der Waals surface area (Å²) in [6, 6.07) is 0.349. The molecule has 2 atom stereocenters. The molecule has 1 saturated heterocycles. The molecular weight excluding hydrogens is 326 g/mol. The van der Waals surface area contributed by atoms with Gasteiger partial charge in [0.15, 0.2) is 5.69 Å². The number of hydrogen-bond acceptors (Lipinski definition) is 7. The molecule has 0 unspecified atom stereocenters. The van der Waals surface area contributed by atoms with Gasteiger partial charge in [-0.05, 0) is 19.9 Å². The minimum Gasteiger partial charge on any atom is -0.464 e. The van der Waals surface area contributed by atoms with Crippen molar-refractivity contribution >= 4 is 17.8 Å². The van der Waals surface area contributed by atoms with Gasteiger partial charge in [-0.15, -0.1) is 0 Å². The Kier molecular flexibility index (Phi) is 6.40. The molecule has 136 valence electrons. The maximum absolute atomic E-state index is 12.2. The predicted molar refractivity (Wildman–Crippen MR) is 89.0 cm³/mol. The number of nitrogens with zero attached hydrogens (tertiary/aromatic N) is 3. The summed E-state index contributed by atoms with van der Waals surface area (Å²) >= 11 is 0. The summed E-state index contributed by atoms with van der Waals surface area (Å²) in [5.74, 6) is -0.941. The molecule has 0 aromatic carbocycles. The number of likely N-dealkylation sites (N-methyl/N-ethyl adjacent to an activating group) is 1. The summed E-state index contributed by atoms with van der Waals surface area (Å²) in [6.07, 6.45) is 4.73. The molecule has 2 N–H and O–H groups in total. The Bertz CT molecular complexity index is 634. The zero-order valence-electron chi connectivity index (χ0n) is 14.6. The first-order valence-electron chi connectivity index (χ1n) is 8.07. The van der Waals surface area contributed by atoms with E-state index in [0.29, 0.717) is 13.0 Å². The van der Waals surface area contributed by atoms with Crippen molar-refractivity contribution in [2.24, 2.45) is 0 Å². The normalized spacial score (nSPS) is 20.1. The van der Waals surface area contributed by atoms with Gasteiger partial charge in [0.2, 0.25) is 5.91 Å². The summed E-state index contributed by atoms with van der Waals surface area (Å²) in [6.45, 7) is 0.458. The Morgan fingerprint density at radius 3 is 2.44 bits per heavy atom. The van der Waals surface area contributed by atoms with Crippen LogP contribution < -0.4 is 10.6 Å². The van der Waals surface area contributed by atoms with E-state index in [2.05, 4.69) is 30.2 Å². The van der Waals surface area contributed by atoms with E-state index in [-0.39, 0.29) is 35.3 Å². The van der Waals surface area contributed by atoms with Gasteiger partial charge in [-0.3, -0.25) is 14.5 Å². The van der Waals surface area contributed by atoms with Crippen LogP contribution in [0.2, 0.25) is 0 Å². The number of ether oxygens (including phenoxy) is 1. The zero-order chi connectivity index (χ0) is 18.4. The SMILES string of the molecule is CNC(=O)C[C@H]1CC[C@@H](CNC(=O)c2cnc(C(=O)OC)cn2)N1C. The third-order valence-corrected chi connectivity index (χ3v) is 4.46. The van der Waals surface area contributed by atoms with E-state index in [4.69, 9.17) is 0 Å². The van der Waals surface area contributed by atoms with Crippen molar-refractivity contribution in [3.05, 3.63) is 23.8 Å². The molecule has 2 rings (SSSR count). The van der Waals surface area contributed by atoms with Crippen LogP contribution in [0.5, 0.6) is 0 Å². The lowest BCUT2D eigenvalue weighted by Crippen LogP contribution is -2.42. The van der Waals surface area contributed by atoms with Gasteiger partial charge >= 0.3 is 5.97 Å². The van der Waals surface area contributed by atoms with E-state index in [1.54, 1.807) is 7.05 Å². The number of carbonyl (C=O) groups excluding carboxylic acids is 3. The number of likely N-dealkylation sites (tertiary alicyclic amines) is 1. The molecule has 25 heavy (non-hydrogen) atoms. The molecule has 0 aliphatic carbocycles. The number of rotatable bonds is 6. The second-order valence-electron chi connectivity index (χ2n) is 5.92. The van der Waals surface area contributed by atoms with Crippen LogP contribution in [0.1, 0.15) is 40.2 Å². The van der Waals surface area contributed by atoms with Crippen LogP contribution in [0.3, 0.4) is 0 Å². The van der Waals surface area contributed by atoms with E-state index in [1.165, 1.54) is 19.5 Å². The molecule has 9 heteroatoms. The number of hydrogen-bond donors (Lipinski definition) is 2. The average Bonchev–Trinajstić information content (AvgIpc) is 2.98. The molecule has 9 nitrogen and oxygen atoms in total. The van der Waals surface area contributed by atoms with Gasteiger partial charge in [0.05, 0.1) is 19.5 Å². The van der Waals surface area contributed by atoms with Crippen LogP contribution >= 0.6 is 0 Å². The molecule has 1 fully saturated rings. The van der Waals surface area contributed by atoms with Gasteiger partial charge < -0.3 is 15.4 Å². The van der Waals surface area contributed by atoms with Gasteiger partial charge in [-0.25, -0.2) is 14.8 Å². The Morgan fingerprint density at radius 2 is 1.84 bits per heavy atom. The largest absolute Gasteiger partial charge is 0.464 e. The third kappa shape index (κ3) is 4.72. The number of esters is 1. The van der Waals surface area contributed by atoms with Gasteiger partial charge in [0.1, 0.15) is 5.69 Å². The molecule has 1 aromatic rings. The number of nitrogens with one attached hydrogen (secondary N) is 2. The second kappa shape index (κ2) is 8.52. The molecule has 1 aromatic heterocycles. The lowest BCUT2D eigenvalue weighted by molar-refractivity contribution is -0.121. The Labute approximate surface area is 146 Å². The Hall–Kier alpha value is -2.55. The minimum atomic E-state index is -0.603. The monoisotopic (exact) mass is 349 g/mol. The van der Waals surface area contributed by atoms with Crippen LogP contribution in [0.4, 0.5) is 0 Å². The lowest BCUT2D eigenvalue weighted by Gasteiger charge is -2.25. The minimum absolute atomic E-state index is 0.0162. The summed E-state index contributed by atoms with van der Waals surface area (Å²) in [4.78, 5) is 44.9. The van der Waals surface area contributed by atoms with Crippen LogP contribution in [0.25, 0.3) is 0 Å². The summed E-state index contributed by atoms with van der Waals surface area (Å²) in [7, 11) is 4.84. The van der Waals surface area contributed by atoms with Crippen molar-refractivity contribution in [2.45, 2.75) is 31.3 Å². The highest BCUT2D eigenvalue weighted by atomic mass is 16.5. The van der Waals surface area contributed by atoms with Crippen molar-refractivity contribution in [3.8, 4) is 0 Å². The van der Waals surface area contributed by atoms with E-state index >= 15 is 0 Å². The number of aromatic nitrogens is 2. The molecule has 0 saturated carbocycles. The molecule has 0 bridgehead atoms.